The van der Waals surface area contributed by atoms with Gasteiger partial charge in [-0.3, -0.25) is 4.79 Å². The van der Waals surface area contributed by atoms with E-state index in [1.165, 1.54) is 12.3 Å². The molecule has 1 aromatic heterocycles. The number of nitrogen functional groups attached to an aromatic ring is 1. The number of anilines is 1. The Kier molecular flexibility index (Phi) is 3.81. The molecule has 2 heterocycles. The molecule has 1 fully saturated rings. The maximum Gasteiger partial charge on any atom is 0.254 e. The number of ether oxygens (including phenoxy) is 1. The van der Waals surface area contributed by atoms with E-state index in [0.29, 0.717) is 30.3 Å². The Balaban J connectivity index is 1.96. The van der Waals surface area contributed by atoms with E-state index in [1.807, 2.05) is 0 Å². The summed E-state index contributed by atoms with van der Waals surface area (Å²) in [5.74, 6) is 0.133. The number of nitrogens with two attached hydrogens (primary N) is 1. The third-order valence-corrected chi connectivity index (χ3v) is 2.98. The number of pyridine rings is 1. The zero-order valence-corrected chi connectivity index (χ0v) is 10.0. The maximum absolute atomic E-state index is 11.8. The highest BCUT2D eigenvalue weighted by Gasteiger charge is 2.18. The summed E-state index contributed by atoms with van der Waals surface area (Å²) in [5.41, 5.74) is 6.29. The fraction of sp³-hybridized carbons (Fsp3) is 0.455. The predicted molar refractivity (Wildman–Crippen MR) is 64.9 cm³/mol. The molecule has 5 nitrogen and oxygen atoms in total. The standard InChI is InChI=1S/C11H14ClN3O2/c12-10-9(3-8(13)5-14-10)11(16)15-4-7-1-2-17-6-7/h3,5,7H,1-2,4,6,13H2,(H,15,16). The van der Waals surface area contributed by atoms with Gasteiger partial charge in [-0.05, 0) is 12.5 Å². The molecule has 1 unspecified atom stereocenters. The predicted octanol–water partition coefficient (Wildman–Crippen LogP) is 1.08. The van der Waals surface area contributed by atoms with Crippen LogP contribution < -0.4 is 11.1 Å². The summed E-state index contributed by atoms with van der Waals surface area (Å²) in [5, 5.41) is 2.98. The lowest BCUT2D eigenvalue weighted by Crippen LogP contribution is -2.29. The molecular weight excluding hydrogens is 242 g/mol. The van der Waals surface area contributed by atoms with E-state index in [1.54, 1.807) is 0 Å². The van der Waals surface area contributed by atoms with Crippen molar-refractivity contribution in [3.05, 3.63) is 23.0 Å². The van der Waals surface area contributed by atoms with Crippen molar-refractivity contribution in [1.82, 2.24) is 10.3 Å². The highest BCUT2D eigenvalue weighted by Crippen LogP contribution is 2.16. The SMILES string of the molecule is Nc1cnc(Cl)c(C(=O)NCC2CCOC2)c1. The molecule has 92 valence electrons. The molecule has 1 aliphatic rings. The van der Waals surface area contributed by atoms with Crippen LogP contribution in [0.1, 0.15) is 16.8 Å². The number of nitrogens with zero attached hydrogens (tertiary/aromatic N) is 1. The summed E-state index contributed by atoms with van der Waals surface area (Å²) in [6.07, 6.45) is 2.40. The van der Waals surface area contributed by atoms with E-state index in [-0.39, 0.29) is 11.1 Å². The van der Waals surface area contributed by atoms with Crippen LogP contribution in [-0.4, -0.2) is 30.6 Å². The molecular formula is C11H14ClN3O2. The molecule has 1 amide bonds. The Morgan fingerprint density at radius 2 is 2.53 bits per heavy atom. The Morgan fingerprint density at radius 1 is 1.71 bits per heavy atom. The van der Waals surface area contributed by atoms with E-state index in [9.17, 15) is 4.79 Å². The number of rotatable bonds is 3. The average molecular weight is 256 g/mol. The molecule has 0 saturated carbocycles. The number of nitrogens with one attached hydrogen (secondary N) is 1. The van der Waals surface area contributed by atoms with Crippen LogP contribution in [0.15, 0.2) is 12.3 Å². The average Bonchev–Trinajstić information content (AvgIpc) is 2.82. The fourth-order valence-corrected chi connectivity index (χ4v) is 1.89. The monoisotopic (exact) mass is 255 g/mol. The molecule has 1 aliphatic heterocycles. The fourth-order valence-electron chi connectivity index (χ4n) is 1.70. The third kappa shape index (κ3) is 3.08. The second kappa shape index (κ2) is 5.33. The second-order valence-corrected chi connectivity index (χ2v) is 4.40. The normalized spacial score (nSPS) is 19.2. The van der Waals surface area contributed by atoms with Crippen molar-refractivity contribution >= 4 is 23.2 Å². The van der Waals surface area contributed by atoms with Crippen LogP contribution >= 0.6 is 11.6 Å². The lowest BCUT2D eigenvalue weighted by atomic mass is 10.1. The summed E-state index contributed by atoms with van der Waals surface area (Å²) >= 11 is 5.83. The topological polar surface area (TPSA) is 77.2 Å². The van der Waals surface area contributed by atoms with Crippen molar-refractivity contribution in [2.24, 2.45) is 5.92 Å². The van der Waals surface area contributed by atoms with Crippen LogP contribution in [0.5, 0.6) is 0 Å². The van der Waals surface area contributed by atoms with Gasteiger partial charge >= 0.3 is 0 Å². The van der Waals surface area contributed by atoms with Gasteiger partial charge in [-0.15, -0.1) is 0 Å². The van der Waals surface area contributed by atoms with E-state index in [2.05, 4.69) is 10.3 Å². The Morgan fingerprint density at radius 3 is 3.24 bits per heavy atom. The minimum absolute atomic E-state index is 0.166. The summed E-state index contributed by atoms with van der Waals surface area (Å²) in [7, 11) is 0. The van der Waals surface area contributed by atoms with Crippen molar-refractivity contribution < 1.29 is 9.53 Å². The third-order valence-electron chi connectivity index (χ3n) is 2.68. The van der Waals surface area contributed by atoms with Crippen LogP contribution in [0, 0.1) is 5.92 Å². The lowest BCUT2D eigenvalue weighted by Gasteiger charge is -2.10. The van der Waals surface area contributed by atoms with Crippen LogP contribution in [0.2, 0.25) is 5.15 Å². The summed E-state index contributed by atoms with van der Waals surface area (Å²) in [6.45, 7) is 2.05. The molecule has 1 saturated heterocycles. The van der Waals surface area contributed by atoms with Gasteiger partial charge in [-0.25, -0.2) is 4.98 Å². The highest BCUT2D eigenvalue weighted by atomic mass is 35.5. The quantitative estimate of drug-likeness (QED) is 0.793. The van der Waals surface area contributed by atoms with Gasteiger partial charge in [0.15, 0.2) is 0 Å². The van der Waals surface area contributed by atoms with Gasteiger partial charge in [0, 0.05) is 19.1 Å². The first-order chi connectivity index (χ1) is 8.16. The Hall–Kier alpha value is -1.33. The number of amides is 1. The minimum atomic E-state index is -0.248. The van der Waals surface area contributed by atoms with Crippen LogP contribution in [0.3, 0.4) is 0 Å². The molecule has 3 N–H and O–H groups in total. The largest absolute Gasteiger partial charge is 0.397 e. The number of carbonyl (C=O) groups is 1. The molecule has 0 aliphatic carbocycles. The first kappa shape index (κ1) is 12.1. The van der Waals surface area contributed by atoms with Gasteiger partial charge < -0.3 is 15.8 Å². The van der Waals surface area contributed by atoms with Crippen molar-refractivity contribution in [3.63, 3.8) is 0 Å². The highest BCUT2D eigenvalue weighted by molar-refractivity contribution is 6.32. The zero-order chi connectivity index (χ0) is 12.3. The smallest absolute Gasteiger partial charge is 0.254 e. The Labute approximate surface area is 104 Å². The van der Waals surface area contributed by atoms with Crippen LogP contribution in [-0.2, 0) is 4.74 Å². The number of halogens is 1. The van der Waals surface area contributed by atoms with Gasteiger partial charge in [0.05, 0.1) is 24.1 Å². The summed E-state index contributed by atoms with van der Waals surface area (Å²) < 4.78 is 5.23. The molecule has 17 heavy (non-hydrogen) atoms. The first-order valence-electron chi connectivity index (χ1n) is 5.44. The van der Waals surface area contributed by atoms with E-state index >= 15 is 0 Å². The number of carbonyl (C=O) groups excluding carboxylic acids is 1. The molecule has 1 atom stereocenters. The van der Waals surface area contributed by atoms with Crippen LogP contribution in [0.25, 0.3) is 0 Å². The van der Waals surface area contributed by atoms with Crippen molar-refractivity contribution in [3.8, 4) is 0 Å². The van der Waals surface area contributed by atoms with Crippen molar-refractivity contribution in [2.45, 2.75) is 6.42 Å². The van der Waals surface area contributed by atoms with E-state index in [4.69, 9.17) is 22.1 Å². The summed E-state index contributed by atoms with van der Waals surface area (Å²) in [6, 6.07) is 1.52. The molecule has 2 rings (SSSR count). The maximum atomic E-state index is 11.8. The van der Waals surface area contributed by atoms with Gasteiger partial charge in [-0.1, -0.05) is 11.6 Å². The van der Waals surface area contributed by atoms with Gasteiger partial charge in [-0.2, -0.15) is 0 Å². The Bertz CT molecular complexity index is 419. The number of hydrogen-bond donors (Lipinski definition) is 2. The van der Waals surface area contributed by atoms with E-state index < -0.39 is 0 Å². The second-order valence-electron chi connectivity index (χ2n) is 4.05. The first-order valence-corrected chi connectivity index (χ1v) is 5.81. The summed E-state index contributed by atoms with van der Waals surface area (Å²) in [4.78, 5) is 15.7. The van der Waals surface area contributed by atoms with Gasteiger partial charge in [0.2, 0.25) is 0 Å². The molecule has 0 bridgehead atoms. The zero-order valence-electron chi connectivity index (χ0n) is 9.28. The van der Waals surface area contributed by atoms with Gasteiger partial charge in [0.1, 0.15) is 5.15 Å². The van der Waals surface area contributed by atoms with Crippen molar-refractivity contribution in [1.29, 1.82) is 0 Å². The van der Waals surface area contributed by atoms with Crippen molar-refractivity contribution in [2.75, 3.05) is 25.5 Å². The van der Waals surface area contributed by atoms with Gasteiger partial charge in [0.25, 0.3) is 5.91 Å². The number of hydrogen-bond acceptors (Lipinski definition) is 4. The molecule has 0 spiro atoms. The molecule has 0 radical (unpaired) electrons. The lowest BCUT2D eigenvalue weighted by molar-refractivity contribution is 0.0945. The minimum Gasteiger partial charge on any atom is -0.397 e. The number of aromatic nitrogens is 1. The molecule has 6 heteroatoms. The van der Waals surface area contributed by atoms with E-state index in [0.717, 1.165) is 13.0 Å². The van der Waals surface area contributed by atoms with Crippen LogP contribution in [0.4, 0.5) is 5.69 Å². The molecule has 0 aromatic carbocycles. The molecule has 1 aromatic rings.